The van der Waals surface area contributed by atoms with Crippen LogP contribution in [-0.4, -0.2) is 5.78 Å². The number of benzene rings is 1. The van der Waals surface area contributed by atoms with Crippen molar-refractivity contribution in [2.75, 3.05) is 5.32 Å². The van der Waals surface area contributed by atoms with Crippen LogP contribution in [0.25, 0.3) is 0 Å². The highest BCUT2D eigenvalue weighted by Crippen LogP contribution is 2.26. The molecule has 0 saturated heterocycles. The molecule has 0 aliphatic heterocycles. The van der Waals surface area contributed by atoms with Crippen molar-refractivity contribution < 1.29 is 4.79 Å². The molecule has 4 heteroatoms. The van der Waals surface area contributed by atoms with Crippen molar-refractivity contribution in [2.24, 2.45) is 0 Å². The minimum atomic E-state index is 0.246. The molecule has 0 aromatic heterocycles. The number of rotatable bonds is 2. The van der Waals surface area contributed by atoms with Crippen LogP contribution in [0.1, 0.15) is 19.3 Å². The number of carbonyl (C=O) groups is 1. The Morgan fingerprint density at radius 1 is 1.38 bits per heavy atom. The van der Waals surface area contributed by atoms with E-state index in [1.165, 1.54) is 0 Å². The Labute approximate surface area is 108 Å². The van der Waals surface area contributed by atoms with Crippen molar-refractivity contribution in [2.45, 2.75) is 19.3 Å². The van der Waals surface area contributed by atoms with Gasteiger partial charge >= 0.3 is 0 Å². The molecule has 2 nitrogen and oxygen atoms in total. The average Bonchev–Trinajstić information content (AvgIpc) is 2.66. The maximum atomic E-state index is 11.4. The second-order valence-electron chi connectivity index (χ2n) is 3.72. The van der Waals surface area contributed by atoms with Crippen LogP contribution in [0.4, 0.5) is 5.69 Å². The number of ketones is 1. The Balaban J connectivity index is 2.09. The van der Waals surface area contributed by atoms with Gasteiger partial charge in [0.05, 0.1) is 5.02 Å². The van der Waals surface area contributed by atoms with Gasteiger partial charge in [0.2, 0.25) is 0 Å². The normalized spacial score (nSPS) is 18.1. The average molecular weight is 301 g/mol. The van der Waals surface area contributed by atoms with Gasteiger partial charge < -0.3 is 5.32 Å². The predicted molar refractivity (Wildman–Crippen MR) is 69.7 cm³/mol. The third-order valence-electron chi connectivity index (χ3n) is 2.54. The number of Topliss-reactive ketones (excluding diaryl/α,β-unsaturated/α-hetero) is 1. The SMILES string of the molecule is O=C1CCC/C1=C/Nc1ccc(Br)c(Cl)c1. The summed E-state index contributed by atoms with van der Waals surface area (Å²) in [4.78, 5) is 11.4. The molecule has 1 aliphatic carbocycles. The predicted octanol–water partition coefficient (Wildman–Crippen LogP) is 4.15. The Morgan fingerprint density at radius 2 is 2.19 bits per heavy atom. The topological polar surface area (TPSA) is 29.1 Å². The Bertz CT molecular complexity index is 456. The van der Waals surface area contributed by atoms with Crippen LogP contribution in [-0.2, 0) is 4.79 Å². The van der Waals surface area contributed by atoms with E-state index in [1.807, 2.05) is 18.2 Å². The molecular formula is C12H11BrClNO. The Hall–Kier alpha value is -0.800. The Morgan fingerprint density at radius 3 is 2.81 bits per heavy atom. The summed E-state index contributed by atoms with van der Waals surface area (Å²) >= 11 is 9.29. The zero-order chi connectivity index (χ0) is 11.5. The number of hydrogen-bond acceptors (Lipinski definition) is 2. The molecule has 16 heavy (non-hydrogen) atoms. The van der Waals surface area contributed by atoms with Crippen molar-refractivity contribution in [3.8, 4) is 0 Å². The third kappa shape index (κ3) is 2.66. The maximum absolute atomic E-state index is 11.4. The lowest BCUT2D eigenvalue weighted by molar-refractivity contribution is -0.114. The molecule has 0 heterocycles. The van der Waals surface area contributed by atoms with Crippen LogP contribution in [0.15, 0.2) is 34.4 Å². The second-order valence-corrected chi connectivity index (χ2v) is 4.98. The minimum absolute atomic E-state index is 0.246. The van der Waals surface area contributed by atoms with Gasteiger partial charge in [0, 0.05) is 28.4 Å². The molecule has 1 fully saturated rings. The van der Waals surface area contributed by atoms with Crippen molar-refractivity contribution in [1.29, 1.82) is 0 Å². The number of anilines is 1. The zero-order valence-corrected chi connectivity index (χ0v) is 10.9. The zero-order valence-electron chi connectivity index (χ0n) is 8.59. The van der Waals surface area contributed by atoms with E-state index in [2.05, 4.69) is 21.2 Å². The molecule has 0 bridgehead atoms. The van der Waals surface area contributed by atoms with Gasteiger partial charge in [-0.2, -0.15) is 0 Å². The van der Waals surface area contributed by atoms with E-state index < -0.39 is 0 Å². The van der Waals surface area contributed by atoms with Crippen LogP contribution in [0, 0.1) is 0 Å². The molecule has 0 atom stereocenters. The van der Waals surface area contributed by atoms with Gasteiger partial charge in [0.15, 0.2) is 5.78 Å². The van der Waals surface area contributed by atoms with Gasteiger partial charge in [0.1, 0.15) is 0 Å². The summed E-state index contributed by atoms with van der Waals surface area (Å²) in [6, 6.07) is 5.61. The summed E-state index contributed by atoms with van der Waals surface area (Å²) in [5.41, 5.74) is 1.76. The standard InChI is InChI=1S/C12H11BrClNO/c13-10-5-4-9(6-11(10)14)15-7-8-2-1-3-12(8)16/h4-7,15H,1-3H2/b8-7-. The molecule has 0 unspecified atom stereocenters. The molecule has 0 spiro atoms. The van der Waals surface area contributed by atoms with E-state index >= 15 is 0 Å². The summed E-state index contributed by atoms with van der Waals surface area (Å²) in [7, 11) is 0. The number of allylic oxidation sites excluding steroid dienone is 1. The Kier molecular flexibility index (Phi) is 3.66. The van der Waals surface area contributed by atoms with E-state index in [-0.39, 0.29) is 5.78 Å². The van der Waals surface area contributed by atoms with Crippen LogP contribution in [0.3, 0.4) is 0 Å². The quantitative estimate of drug-likeness (QED) is 0.831. The third-order valence-corrected chi connectivity index (χ3v) is 3.77. The first-order chi connectivity index (χ1) is 7.66. The number of hydrogen-bond donors (Lipinski definition) is 1. The van der Waals surface area contributed by atoms with Crippen molar-refractivity contribution >= 4 is 39.0 Å². The molecule has 1 aliphatic rings. The lowest BCUT2D eigenvalue weighted by Crippen LogP contribution is -1.96. The summed E-state index contributed by atoms with van der Waals surface area (Å²) in [6.45, 7) is 0. The maximum Gasteiger partial charge on any atom is 0.160 e. The molecule has 84 valence electrons. The largest absolute Gasteiger partial charge is 0.361 e. The molecule has 1 saturated carbocycles. The van der Waals surface area contributed by atoms with E-state index in [4.69, 9.17) is 11.6 Å². The minimum Gasteiger partial charge on any atom is -0.361 e. The second kappa shape index (κ2) is 5.02. The monoisotopic (exact) mass is 299 g/mol. The molecule has 0 amide bonds. The molecule has 1 N–H and O–H groups in total. The lowest BCUT2D eigenvalue weighted by Gasteiger charge is -2.03. The summed E-state index contributed by atoms with van der Waals surface area (Å²) < 4.78 is 0.865. The van der Waals surface area contributed by atoms with Crippen molar-refractivity contribution in [3.05, 3.63) is 39.5 Å². The van der Waals surface area contributed by atoms with Gasteiger partial charge in [-0.1, -0.05) is 11.6 Å². The fraction of sp³-hybridized carbons (Fsp3) is 0.250. The molecule has 0 radical (unpaired) electrons. The molecular weight excluding hydrogens is 289 g/mol. The van der Waals surface area contributed by atoms with Gasteiger partial charge in [-0.15, -0.1) is 0 Å². The highest BCUT2D eigenvalue weighted by atomic mass is 79.9. The smallest absolute Gasteiger partial charge is 0.160 e. The van der Waals surface area contributed by atoms with E-state index in [0.29, 0.717) is 11.4 Å². The van der Waals surface area contributed by atoms with Gasteiger partial charge in [-0.05, 0) is 47.0 Å². The first kappa shape index (κ1) is 11.7. The van der Waals surface area contributed by atoms with E-state index in [1.54, 1.807) is 6.20 Å². The molecule has 1 aromatic carbocycles. The number of carbonyl (C=O) groups excluding carboxylic acids is 1. The fourth-order valence-electron chi connectivity index (χ4n) is 1.65. The first-order valence-electron chi connectivity index (χ1n) is 5.10. The van der Waals surface area contributed by atoms with E-state index in [0.717, 1.165) is 28.6 Å². The van der Waals surface area contributed by atoms with Crippen molar-refractivity contribution in [3.63, 3.8) is 0 Å². The summed E-state index contributed by atoms with van der Waals surface area (Å²) in [5.74, 6) is 0.246. The van der Waals surface area contributed by atoms with Crippen LogP contribution in [0.5, 0.6) is 0 Å². The first-order valence-corrected chi connectivity index (χ1v) is 6.28. The molecule has 2 rings (SSSR count). The van der Waals surface area contributed by atoms with E-state index in [9.17, 15) is 4.79 Å². The number of nitrogens with one attached hydrogen (secondary N) is 1. The van der Waals surface area contributed by atoms with Crippen LogP contribution >= 0.6 is 27.5 Å². The van der Waals surface area contributed by atoms with Crippen LogP contribution in [0.2, 0.25) is 5.02 Å². The van der Waals surface area contributed by atoms with Gasteiger partial charge in [0.25, 0.3) is 0 Å². The number of halogens is 2. The fourth-order valence-corrected chi connectivity index (χ4v) is 2.08. The van der Waals surface area contributed by atoms with Gasteiger partial charge in [-0.25, -0.2) is 0 Å². The lowest BCUT2D eigenvalue weighted by atomic mass is 10.2. The van der Waals surface area contributed by atoms with Gasteiger partial charge in [-0.3, -0.25) is 4.79 Å². The summed E-state index contributed by atoms with van der Waals surface area (Å²) in [5, 5.41) is 3.75. The summed E-state index contributed by atoms with van der Waals surface area (Å²) in [6.07, 6.45) is 4.30. The molecule has 1 aromatic rings. The highest BCUT2D eigenvalue weighted by Gasteiger charge is 2.16. The van der Waals surface area contributed by atoms with Crippen LogP contribution < -0.4 is 5.32 Å². The van der Waals surface area contributed by atoms with Crippen molar-refractivity contribution in [1.82, 2.24) is 0 Å². The highest BCUT2D eigenvalue weighted by molar-refractivity contribution is 9.10.